The van der Waals surface area contributed by atoms with Gasteiger partial charge in [0.25, 0.3) is 0 Å². The van der Waals surface area contributed by atoms with Crippen molar-refractivity contribution in [3.63, 3.8) is 0 Å². The van der Waals surface area contributed by atoms with E-state index >= 15 is 0 Å². The van der Waals surface area contributed by atoms with Crippen molar-refractivity contribution in [1.82, 2.24) is 0 Å². The highest BCUT2D eigenvalue weighted by Crippen LogP contribution is 2.34. The Hall–Kier alpha value is -3.55. The topological polar surface area (TPSA) is 122 Å². The maximum Gasteiger partial charge on any atom is 0.337 e. The van der Waals surface area contributed by atoms with Gasteiger partial charge in [0.05, 0.1) is 31.9 Å². The lowest BCUT2D eigenvalue weighted by Crippen LogP contribution is -2.19. The Kier molecular flexibility index (Phi) is 6.97. The molecule has 2 aromatic rings. The van der Waals surface area contributed by atoms with E-state index in [4.69, 9.17) is 14.6 Å². The molecule has 148 valence electrons. The van der Waals surface area contributed by atoms with Crippen molar-refractivity contribution in [2.45, 2.75) is 18.8 Å². The van der Waals surface area contributed by atoms with Gasteiger partial charge in [-0.1, -0.05) is 30.3 Å². The summed E-state index contributed by atoms with van der Waals surface area (Å²) in [5, 5.41) is 21.1. The first-order valence-corrected chi connectivity index (χ1v) is 8.41. The second kappa shape index (κ2) is 9.40. The van der Waals surface area contributed by atoms with E-state index in [-0.39, 0.29) is 35.6 Å². The van der Waals surface area contributed by atoms with Gasteiger partial charge < -0.3 is 25.0 Å². The molecule has 0 saturated heterocycles. The van der Waals surface area contributed by atoms with Crippen LogP contribution < -0.4 is 14.8 Å². The predicted octanol–water partition coefficient (Wildman–Crippen LogP) is 2.99. The number of carbonyl (C=O) groups is 3. The number of hydrogen-bond acceptors (Lipinski definition) is 5. The average molecular weight is 387 g/mol. The third-order valence-electron chi connectivity index (χ3n) is 4.15. The Morgan fingerprint density at radius 1 is 0.964 bits per heavy atom. The number of aliphatic carboxylic acids is 1. The first-order valence-electron chi connectivity index (χ1n) is 8.41. The fourth-order valence-corrected chi connectivity index (χ4v) is 2.83. The molecule has 0 bridgehead atoms. The number of hydrogen-bond donors (Lipinski definition) is 3. The van der Waals surface area contributed by atoms with Crippen LogP contribution in [-0.4, -0.2) is 42.3 Å². The normalized spacial score (nSPS) is 11.4. The standard InChI is InChI=1S/C20H21NO7/c1-27-16-10-14(20(25)26)15(11-17(16)28-2)21-18(22)8-13(9-19(23)24)12-6-4-3-5-7-12/h3-7,10-11,13H,8-9H2,1-2H3,(H,21,22)(H,23,24)(H,25,26). The molecule has 0 spiro atoms. The van der Waals surface area contributed by atoms with Crippen LogP contribution in [0.25, 0.3) is 0 Å². The summed E-state index contributed by atoms with van der Waals surface area (Å²) in [6, 6.07) is 11.4. The van der Waals surface area contributed by atoms with Gasteiger partial charge in [0.15, 0.2) is 11.5 Å². The number of carboxylic acids is 2. The first kappa shape index (κ1) is 20.8. The molecular formula is C20H21NO7. The number of nitrogens with one attached hydrogen (secondary N) is 1. The van der Waals surface area contributed by atoms with Crippen LogP contribution in [0.5, 0.6) is 11.5 Å². The van der Waals surface area contributed by atoms with Crippen LogP contribution in [0.15, 0.2) is 42.5 Å². The highest BCUT2D eigenvalue weighted by Gasteiger charge is 2.22. The van der Waals surface area contributed by atoms with Crippen LogP contribution in [0.2, 0.25) is 0 Å². The van der Waals surface area contributed by atoms with Crippen molar-refractivity contribution in [1.29, 1.82) is 0 Å². The molecule has 0 aliphatic carbocycles. The number of benzene rings is 2. The number of rotatable bonds is 9. The molecule has 1 amide bonds. The molecule has 2 rings (SSSR count). The molecule has 3 N–H and O–H groups in total. The fourth-order valence-electron chi connectivity index (χ4n) is 2.83. The van der Waals surface area contributed by atoms with Crippen LogP contribution in [0.1, 0.15) is 34.7 Å². The minimum atomic E-state index is -1.25. The van der Waals surface area contributed by atoms with E-state index in [1.807, 2.05) is 0 Å². The number of anilines is 1. The molecule has 1 unspecified atom stereocenters. The van der Waals surface area contributed by atoms with Gasteiger partial charge in [-0.3, -0.25) is 9.59 Å². The zero-order chi connectivity index (χ0) is 20.7. The Balaban J connectivity index is 2.27. The van der Waals surface area contributed by atoms with E-state index in [1.54, 1.807) is 30.3 Å². The summed E-state index contributed by atoms with van der Waals surface area (Å²) in [7, 11) is 2.76. The van der Waals surface area contributed by atoms with Gasteiger partial charge in [-0.2, -0.15) is 0 Å². The van der Waals surface area contributed by atoms with Crippen LogP contribution in [0, 0.1) is 0 Å². The van der Waals surface area contributed by atoms with E-state index in [1.165, 1.54) is 26.4 Å². The number of aromatic carboxylic acids is 1. The van der Waals surface area contributed by atoms with Crippen LogP contribution in [0.4, 0.5) is 5.69 Å². The largest absolute Gasteiger partial charge is 0.493 e. The summed E-state index contributed by atoms with van der Waals surface area (Å²) in [4.78, 5) is 35.3. The highest BCUT2D eigenvalue weighted by molar-refractivity contribution is 6.01. The molecule has 8 heteroatoms. The number of carbonyl (C=O) groups excluding carboxylic acids is 1. The average Bonchev–Trinajstić information content (AvgIpc) is 2.67. The van der Waals surface area contributed by atoms with Gasteiger partial charge >= 0.3 is 11.9 Å². The summed E-state index contributed by atoms with van der Waals surface area (Å²) < 4.78 is 10.2. The fraction of sp³-hybridized carbons (Fsp3) is 0.250. The van der Waals surface area contributed by atoms with Gasteiger partial charge in [-0.25, -0.2) is 4.79 Å². The molecule has 8 nitrogen and oxygen atoms in total. The Morgan fingerprint density at radius 2 is 1.57 bits per heavy atom. The zero-order valence-corrected chi connectivity index (χ0v) is 15.5. The third kappa shape index (κ3) is 5.23. The van der Waals surface area contributed by atoms with E-state index in [0.717, 1.165) is 0 Å². The van der Waals surface area contributed by atoms with Crippen LogP contribution in [-0.2, 0) is 9.59 Å². The molecule has 0 radical (unpaired) electrons. The van der Waals surface area contributed by atoms with E-state index < -0.39 is 23.8 Å². The number of ether oxygens (including phenoxy) is 2. The molecule has 0 heterocycles. The monoisotopic (exact) mass is 387 g/mol. The van der Waals surface area contributed by atoms with E-state index in [0.29, 0.717) is 5.56 Å². The Bertz CT molecular complexity index is 864. The molecule has 1 atom stereocenters. The minimum absolute atomic E-state index is 0.0392. The lowest BCUT2D eigenvalue weighted by atomic mass is 9.92. The lowest BCUT2D eigenvalue weighted by molar-refractivity contribution is -0.137. The molecule has 28 heavy (non-hydrogen) atoms. The Morgan fingerprint density at radius 3 is 2.11 bits per heavy atom. The van der Waals surface area contributed by atoms with E-state index in [9.17, 15) is 19.5 Å². The zero-order valence-electron chi connectivity index (χ0n) is 15.5. The van der Waals surface area contributed by atoms with Gasteiger partial charge in [-0.15, -0.1) is 0 Å². The van der Waals surface area contributed by atoms with E-state index in [2.05, 4.69) is 5.32 Å². The number of carboxylic acid groups (broad SMARTS) is 2. The van der Waals surface area contributed by atoms with Crippen molar-refractivity contribution in [2.24, 2.45) is 0 Å². The van der Waals surface area contributed by atoms with Crippen molar-refractivity contribution < 1.29 is 34.1 Å². The maximum absolute atomic E-state index is 12.5. The highest BCUT2D eigenvalue weighted by atomic mass is 16.5. The molecular weight excluding hydrogens is 366 g/mol. The smallest absolute Gasteiger partial charge is 0.337 e. The second-order valence-electron chi connectivity index (χ2n) is 6.02. The molecule has 0 aliphatic heterocycles. The minimum Gasteiger partial charge on any atom is -0.493 e. The summed E-state index contributed by atoms with van der Waals surface area (Å²) in [5.41, 5.74) is 0.587. The van der Waals surface area contributed by atoms with Crippen LogP contribution in [0.3, 0.4) is 0 Å². The van der Waals surface area contributed by atoms with Gasteiger partial charge in [0.1, 0.15) is 0 Å². The quantitative estimate of drug-likeness (QED) is 0.604. The van der Waals surface area contributed by atoms with Crippen molar-refractivity contribution >= 4 is 23.5 Å². The Labute approximate surface area is 161 Å². The molecule has 0 aromatic heterocycles. The summed E-state index contributed by atoms with van der Waals surface area (Å²) in [6.45, 7) is 0. The number of methoxy groups -OCH3 is 2. The predicted molar refractivity (Wildman–Crippen MR) is 101 cm³/mol. The summed E-state index contributed by atoms with van der Waals surface area (Å²) in [6.07, 6.45) is -0.348. The van der Waals surface area contributed by atoms with Crippen molar-refractivity contribution in [2.75, 3.05) is 19.5 Å². The maximum atomic E-state index is 12.5. The molecule has 0 fully saturated rings. The lowest BCUT2D eigenvalue weighted by Gasteiger charge is -2.17. The second-order valence-corrected chi connectivity index (χ2v) is 6.02. The van der Waals surface area contributed by atoms with Gasteiger partial charge in [-0.05, 0) is 5.56 Å². The van der Waals surface area contributed by atoms with Crippen LogP contribution >= 0.6 is 0 Å². The molecule has 0 aliphatic rings. The third-order valence-corrected chi connectivity index (χ3v) is 4.15. The first-order chi connectivity index (χ1) is 13.3. The van der Waals surface area contributed by atoms with Gasteiger partial charge in [0.2, 0.25) is 5.91 Å². The summed E-state index contributed by atoms with van der Waals surface area (Å²) >= 11 is 0. The number of amides is 1. The van der Waals surface area contributed by atoms with Gasteiger partial charge in [0, 0.05) is 24.5 Å². The molecule has 0 saturated carbocycles. The van der Waals surface area contributed by atoms with Crippen molar-refractivity contribution in [3.8, 4) is 11.5 Å². The summed E-state index contributed by atoms with van der Waals surface area (Å²) in [5.74, 6) is -2.86. The SMILES string of the molecule is COc1cc(NC(=O)CC(CC(=O)O)c2ccccc2)c(C(=O)O)cc1OC. The molecule has 2 aromatic carbocycles. The van der Waals surface area contributed by atoms with Crippen molar-refractivity contribution in [3.05, 3.63) is 53.6 Å².